The second-order valence-electron chi connectivity index (χ2n) is 4.60. The van der Waals surface area contributed by atoms with Crippen LogP contribution in [-0.2, 0) is 4.79 Å². The molecule has 21 heavy (non-hydrogen) atoms. The van der Waals surface area contributed by atoms with E-state index in [1.165, 1.54) is 19.1 Å². The Labute approximate surface area is 120 Å². The van der Waals surface area contributed by atoms with E-state index in [1.807, 2.05) is 0 Å². The highest BCUT2D eigenvalue weighted by Crippen LogP contribution is 2.32. The lowest BCUT2D eigenvalue weighted by atomic mass is 9.93. The summed E-state index contributed by atoms with van der Waals surface area (Å²) in [6, 6.07) is 5.42. The molecular formula is C13H15N5O3. The number of aliphatic imine (C=N–C) groups is 1. The Balaban J connectivity index is 2.54. The SMILES string of the molecule is CC(=O)C1=C(C)NC(NN)=NC1c1cccc([N+](=O)[O-])c1. The molecule has 8 heteroatoms. The number of carbonyl (C=O) groups excluding carboxylic acids is 1. The van der Waals surface area contributed by atoms with Gasteiger partial charge in [-0.25, -0.2) is 10.8 Å². The molecule has 8 nitrogen and oxygen atoms in total. The predicted octanol–water partition coefficient (Wildman–Crippen LogP) is 0.921. The number of rotatable bonds is 3. The van der Waals surface area contributed by atoms with Crippen LogP contribution in [0, 0.1) is 10.1 Å². The first-order valence-corrected chi connectivity index (χ1v) is 6.21. The topological polar surface area (TPSA) is 123 Å². The molecule has 1 aromatic rings. The average molecular weight is 289 g/mol. The molecule has 1 heterocycles. The lowest BCUT2D eigenvalue weighted by Gasteiger charge is -2.25. The van der Waals surface area contributed by atoms with Crippen molar-refractivity contribution in [3.63, 3.8) is 0 Å². The maximum atomic E-state index is 11.9. The summed E-state index contributed by atoms with van der Waals surface area (Å²) in [7, 11) is 0. The van der Waals surface area contributed by atoms with Gasteiger partial charge in [-0.2, -0.15) is 0 Å². The minimum Gasteiger partial charge on any atom is -0.329 e. The number of benzene rings is 1. The third-order valence-electron chi connectivity index (χ3n) is 3.15. The van der Waals surface area contributed by atoms with E-state index in [1.54, 1.807) is 19.1 Å². The molecule has 1 atom stereocenters. The van der Waals surface area contributed by atoms with Crippen LogP contribution in [0.1, 0.15) is 25.5 Å². The van der Waals surface area contributed by atoms with Gasteiger partial charge >= 0.3 is 0 Å². The Morgan fingerprint density at radius 2 is 2.24 bits per heavy atom. The van der Waals surface area contributed by atoms with Gasteiger partial charge in [-0.1, -0.05) is 12.1 Å². The molecule has 0 saturated carbocycles. The number of hydrogen-bond acceptors (Lipinski definition) is 7. The van der Waals surface area contributed by atoms with E-state index in [2.05, 4.69) is 15.7 Å². The highest BCUT2D eigenvalue weighted by atomic mass is 16.6. The fraction of sp³-hybridized carbons (Fsp3) is 0.231. The Bertz CT molecular complexity index is 666. The standard InChI is InChI=1S/C13H15N5O3/c1-7-11(8(2)19)12(16-13(15-7)17-14)9-4-3-5-10(6-9)18(20)21/h3-6,12H,14H2,1-2H3,(H2,15,16,17). The molecule has 4 N–H and O–H groups in total. The first-order chi connectivity index (χ1) is 9.93. The number of ketones is 1. The number of hydrazine groups is 1. The zero-order chi connectivity index (χ0) is 15.6. The molecule has 0 aromatic heterocycles. The number of nitrogens with two attached hydrogens (primary N) is 1. The maximum Gasteiger partial charge on any atom is 0.269 e. The van der Waals surface area contributed by atoms with Crippen molar-refractivity contribution in [2.24, 2.45) is 10.8 Å². The molecular weight excluding hydrogens is 274 g/mol. The summed E-state index contributed by atoms with van der Waals surface area (Å²) in [5.74, 6) is 5.49. The summed E-state index contributed by atoms with van der Waals surface area (Å²) in [4.78, 5) is 26.5. The average Bonchev–Trinajstić information content (AvgIpc) is 2.45. The van der Waals surface area contributed by atoms with Crippen molar-refractivity contribution in [1.29, 1.82) is 0 Å². The fourth-order valence-corrected chi connectivity index (χ4v) is 2.26. The summed E-state index contributed by atoms with van der Waals surface area (Å²) < 4.78 is 0. The van der Waals surface area contributed by atoms with Crippen LogP contribution in [0.25, 0.3) is 0 Å². The summed E-state index contributed by atoms with van der Waals surface area (Å²) in [5, 5.41) is 13.8. The molecule has 0 radical (unpaired) electrons. The normalized spacial score (nSPS) is 17.9. The highest BCUT2D eigenvalue weighted by Gasteiger charge is 2.27. The summed E-state index contributed by atoms with van der Waals surface area (Å²) >= 11 is 0. The number of nitrogens with zero attached hydrogens (tertiary/aromatic N) is 2. The summed E-state index contributed by atoms with van der Waals surface area (Å²) in [5.41, 5.74) is 3.96. The minimum absolute atomic E-state index is 0.0518. The number of nitro benzene ring substituents is 1. The quantitative estimate of drug-likeness (QED) is 0.432. The van der Waals surface area contributed by atoms with Gasteiger partial charge < -0.3 is 5.32 Å². The molecule has 0 fully saturated rings. The Hall–Kier alpha value is -2.74. The van der Waals surface area contributed by atoms with Crippen LogP contribution < -0.4 is 16.6 Å². The van der Waals surface area contributed by atoms with Gasteiger partial charge in [0.15, 0.2) is 5.78 Å². The van der Waals surface area contributed by atoms with Gasteiger partial charge in [0.1, 0.15) is 6.04 Å². The van der Waals surface area contributed by atoms with Crippen molar-refractivity contribution >= 4 is 17.4 Å². The molecule has 1 aliphatic heterocycles. The monoisotopic (exact) mass is 289 g/mol. The molecule has 110 valence electrons. The first-order valence-electron chi connectivity index (χ1n) is 6.21. The van der Waals surface area contributed by atoms with E-state index in [9.17, 15) is 14.9 Å². The van der Waals surface area contributed by atoms with Gasteiger partial charge in [0.05, 0.1) is 4.92 Å². The van der Waals surface area contributed by atoms with Crippen LogP contribution >= 0.6 is 0 Å². The number of nitrogens with one attached hydrogen (secondary N) is 2. The Morgan fingerprint density at radius 3 is 2.81 bits per heavy atom. The van der Waals surface area contributed by atoms with Crippen molar-refractivity contribution in [2.75, 3.05) is 0 Å². The van der Waals surface area contributed by atoms with E-state index in [-0.39, 0.29) is 11.5 Å². The molecule has 1 aromatic carbocycles. The van der Waals surface area contributed by atoms with Crippen molar-refractivity contribution in [1.82, 2.24) is 10.7 Å². The van der Waals surface area contributed by atoms with E-state index in [0.717, 1.165) is 0 Å². The van der Waals surface area contributed by atoms with E-state index in [4.69, 9.17) is 5.84 Å². The van der Waals surface area contributed by atoms with Crippen molar-refractivity contribution < 1.29 is 9.72 Å². The smallest absolute Gasteiger partial charge is 0.269 e. The Morgan fingerprint density at radius 1 is 1.52 bits per heavy atom. The third-order valence-corrected chi connectivity index (χ3v) is 3.15. The van der Waals surface area contributed by atoms with Gasteiger partial charge in [0.2, 0.25) is 5.96 Å². The molecule has 1 unspecified atom stereocenters. The number of carbonyl (C=O) groups is 1. The molecule has 1 aliphatic rings. The van der Waals surface area contributed by atoms with Gasteiger partial charge in [-0.05, 0) is 19.4 Å². The molecule has 0 bridgehead atoms. The highest BCUT2D eigenvalue weighted by molar-refractivity contribution is 5.98. The van der Waals surface area contributed by atoms with Gasteiger partial charge in [-0.15, -0.1) is 0 Å². The lowest BCUT2D eigenvalue weighted by Crippen LogP contribution is -2.44. The van der Waals surface area contributed by atoms with E-state index >= 15 is 0 Å². The van der Waals surface area contributed by atoms with Crippen molar-refractivity contribution in [3.05, 3.63) is 51.2 Å². The number of non-ortho nitro benzene ring substituents is 1. The van der Waals surface area contributed by atoms with Crippen LogP contribution in [0.3, 0.4) is 0 Å². The van der Waals surface area contributed by atoms with Gasteiger partial charge in [0.25, 0.3) is 5.69 Å². The first kappa shape index (κ1) is 14.7. The Kier molecular flexibility index (Phi) is 3.99. The van der Waals surface area contributed by atoms with Crippen LogP contribution in [0.4, 0.5) is 5.69 Å². The second kappa shape index (κ2) is 5.71. The predicted molar refractivity (Wildman–Crippen MR) is 77.1 cm³/mol. The maximum absolute atomic E-state index is 11.9. The number of allylic oxidation sites excluding steroid dienone is 1. The molecule has 0 saturated heterocycles. The van der Waals surface area contributed by atoms with Gasteiger partial charge in [0, 0.05) is 23.4 Å². The molecule has 0 aliphatic carbocycles. The van der Waals surface area contributed by atoms with E-state index in [0.29, 0.717) is 22.8 Å². The zero-order valence-electron chi connectivity index (χ0n) is 11.6. The lowest BCUT2D eigenvalue weighted by molar-refractivity contribution is -0.384. The molecule has 2 rings (SSSR count). The van der Waals surface area contributed by atoms with Crippen LogP contribution in [0.2, 0.25) is 0 Å². The van der Waals surface area contributed by atoms with Crippen molar-refractivity contribution in [2.45, 2.75) is 19.9 Å². The summed E-state index contributed by atoms with van der Waals surface area (Å²) in [6.07, 6.45) is 0. The van der Waals surface area contributed by atoms with Crippen LogP contribution in [0.5, 0.6) is 0 Å². The number of guanidine groups is 1. The zero-order valence-corrected chi connectivity index (χ0v) is 11.6. The number of Topliss-reactive ketones (excluding diaryl/α,β-unsaturated/α-hetero) is 1. The number of hydrogen-bond donors (Lipinski definition) is 3. The van der Waals surface area contributed by atoms with Crippen LogP contribution in [-0.4, -0.2) is 16.7 Å². The minimum atomic E-state index is -0.630. The van der Waals surface area contributed by atoms with Gasteiger partial charge in [-0.3, -0.25) is 20.3 Å². The van der Waals surface area contributed by atoms with E-state index < -0.39 is 11.0 Å². The molecule has 0 spiro atoms. The van der Waals surface area contributed by atoms with Crippen molar-refractivity contribution in [3.8, 4) is 0 Å². The second-order valence-corrected chi connectivity index (χ2v) is 4.60. The number of nitro groups is 1. The van der Waals surface area contributed by atoms with Crippen LogP contribution in [0.15, 0.2) is 40.5 Å². The fourth-order valence-electron chi connectivity index (χ4n) is 2.26. The largest absolute Gasteiger partial charge is 0.329 e. The third kappa shape index (κ3) is 2.90. The summed E-state index contributed by atoms with van der Waals surface area (Å²) in [6.45, 7) is 3.16. The molecule has 0 amide bonds.